The summed E-state index contributed by atoms with van der Waals surface area (Å²) in [4.78, 5) is 29.9. The van der Waals surface area contributed by atoms with Gasteiger partial charge in [-0.15, -0.1) is 0 Å². The lowest BCUT2D eigenvalue weighted by molar-refractivity contribution is 0.0954. The van der Waals surface area contributed by atoms with Crippen LogP contribution in [0, 0.1) is 17.8 Å². The van der Waals surface area contributed by atoms with Crippen molar-refractivity contribution in [1.82, 2.24) is 10.3 Å². The molecule has 6 nitrogen and oxygen atoms in total. The molecule has 1 saturated heterocycles. The van der Waals surface area contributed by atoms with Crippen LogP contribution in [0.15, 0.2) is 54.9 Å². The lowest BCUT2D eigenvalue weighted by Crippen LogP contribution is -2.23. The van der Waals surface area contributed by atoms with Crippen LogP contribution in [0.5, 0.6) is 0 Å². The number of hydrogen-bond acceptors (Lipinski definition) is 4. The van der Waals surface area contributed by atoms with E-state index in [0.717, 1.165) is 23.9 Å². The molecule has 2 aromatic carbocycles. The maximum absolute atomic E-state index is 13.1. The number of carbonyl (C=O) groups is 2. The number of halogens is 1. The quantitative estimate of drug-likeness (QED) is 0.567. The highest BCUT2D eigenvalue weighted by Gasteiger charge is 2.57. The van der Waals surface area contributed by atoms with Crippen LogP contribution in [-0.4, -0.2) is 29.9 Å². The SMILES string of the molecule is O=C(Nc1cccc(Cl)c1C(=O)C1C2CNCC21)Nc1cccc2cnccc12. The molecule has 2 amide bonds. The molecule has 0 bridgehead atoms. The Morgan fingerprint density at radius 1 is 1.00 bits per heavy atom. The molecule has 1 aromatic heterocycles. The number of ketones is 1. The Balaban J connectivity index is 1.38. The maximum atomic E-state index is 13.1. The molecule has 1 saturated carbocycles. The van der Waals surface area contributed by atoms with Gasteiger partial charge in [-0.2, -0.15) is 0 Å². The van der Waals surface area contributed by atoms with E-state index in [1.165, 1.54) is 0 Å². The van der Waals surface area contributed by atoms with Crippen molar-refractivity contribution in [1.29, 1.82) is 0 Å². The smallest absolute Gasteiger partial charge is 0.316 e. The molecule has 3 N–H and O–H groups in total. The highest BCUT2D eigenvalue weighted by molar-refractivity contribution is 6.35. The second kappa shape index (κ2) is 7.13. The van der Waals surface area contributed by atoms with Crippen LogP contribution in [0.4, 0.5) is 16.2 Å². The fourth-order valence-electron chi connectivity index (χ4n) is 4.36. The number of Topliss-reactive ketones (excluding diaryl/α,β-unsaturated/α-hetero) is 1. The molecule has 146 valence electrons. The molecule has 1 aliphatic carbocycles. The highest BCUT2D eigenvalue weighted by Crippen LogP contribution is 2.51. The molecule has 2 atom stereocenters. The molecule has 2 fully saturated rings. The molecule has 5 rings (SSSR count). The summed E-state index contributed by atoms with van der Waals surface area (Å²) < 4.78 is 0. The Labute approximate surface area is 172 Å². The third-order valence-corrected chi connectivity index (χ3v) is 6.15. The van der Waals surface area contributed by atoms with Crippen molar-refractivity contribution in [2.75, 3.05) is 23.7 Å². The molecule has 3 aromatic rings. The van der Waals surface area contributed by atoms with Crippen molar-refractivity contribution in [3.8, 4) is 0 Å². The van der Waals surface area contributed by atoms with Crippen molar-refractivity contribution >= 4 is 45.6 Å². The fourth-order valence-corrected chi connectivity index (χ4v) is 4.63. The molecule has 0 spiro atoms. The fraction of sp³-hybridized carbons (Fsp3) is 0.227. The first-order valence-corrected chi connectivity index (χ1v) is 9.95. The number of urea groups is 1. The summed E-state index contributed by atoms with van der Waals surface area (Å²) in [6, 6.07) is 12.2. The third-order valence-electron chi connectivity index (χ3n) is 5.83. The number of carbonyl (C=O) groups excluding carboxylic acids is 2. The van der Waals surface area contributed by atoms with E-state index in [-0.39, 0.29) is 11.7 Å². The minimum atomic E-state index is -0.428. The van der Waals surface area contributed by atoms with E-state index in [1.807, 2.05) is 24.3 Å². The zero-order valence-electron chi connectivity index (χ0n) is 15.5. The Bertz CT molecular complexity index is 1120. The first kappa shape index (κ1) is 18.1. The summed E-state index contributed by atoms with van der Waals surface area (Å²) in [6.07, 6.45) is 3.42. The first-order chi connectivity index (χ1) is 14.1. The van der Waals surface area contributed by atoms with Gasteiger partial charge < -0.3 is 16.0 Å². The second-order valence-corrected chi connectivity index (χ2v) is 7.93. The van der Waals surface area contributed by atoms with E-state index in [2.05, 4.69) is 20.9 Å². The Morgan fingerprint density at radius 3 is 2.55 bits per heavy atom. The average molecular weight is 407 g/mol. The number of hydrogen-bond donors (Lipinski definition) is 3. The number of nitrogens with one attached hydrogen (secondary N) is 3. The van der Waals surface area contributed by atoms with Gasteiger partial charge in [-0.3, -0.25) is 9.78 Å². The number of fused-ring (bicyclic) bond motifs is 2. The van der Waals surface area contributed by atoms with Gasteiger partial charge in [0.15, 0.2) is 5.78 Å². The highest BCUT2D eigenvalue weighted by atomic mass is 35.5. The van der Waals surface area contributed by atoms with Crippen LogP contribution in [0.25, 0.3) is 10.8 Å². The van der Waals surface area contributed by atoms with E-state index in [9.17, 15) is 9.59 Å². The van der Waals surface area contributed by atoms with Crippen LogP contribution in [0.2, 0.25) is 5.02 Å². The number of aromatic nitrogens is 1. The first-order valence-electron chi connectivity index (χ1n) is 9.57. The van der Waals surface area contributed by atoms with Crippen molar-refractivity contribution in [3.05, 3.63) is 65.4 Å². The summed E-state index contributed by atoms with van der Waals surface area (Å²) >= 11 is 6.36. The van der Waals surface area contributed by atoms with Gasteiger partial charge in [-0.25, -0.2) is 4.79 Å². The van der Waals surface area contributed by atoms with Crippen LogP contribution in [0.1, 0.15) is 10.4 Å². The molecule has 0 radical (unpaired) electrons. The minimum absolute atomic E-state index is 0.00896. The molecule has 7 heteroatoms. The van der Waals surface area contributed by atoms with Gasteiger partial charge in [0.2, 0.25) is 0 Å². The van der Waals surface area contributed by atoms with E-state index in [0.29, 0.717) is 33.8 Å². The van der Waals surface area contributed by atoms with E-state index in [4.69, 9.17) is 11.6 Å². The van der Waals surface area contributed by atoms with Gasteiger partial charge >= 0.3 is 6.03 Å². The molecule has 2 unspecified atom stereocenters. The maximum Gasteiger partial charge on any atom is 0.323 e. The minimum Gasteiger partial charge on any atom is -0.316 e. The molecular weight excluding hydrogens is 388 g/mol. The molecule has 2 aliphatic rings. The normalized spacial score (nSPS) is 22.2. The standard InChI is InChI=1S/C22H19ClN4O2/c23-16-4-2-6-18(20(16)21(28)19-14-10-25-11-15(14)19)27-22(29)26-17-5-1-3-12-9-24-8-7-13(12)17/h1-9,14-15,19,25H,10-11H2,(H2,26,27,29). The summed E-state index contributed by atoms with van der Waals surface area (Å²) in [7, 11) is 0. The van der Waals surface area contributed by atoms with Crippen LogP contribution in [0.3, 0.4) is 0 Å². The zero-order valence-corrected chi connectivity index (χ0v) is 16.2. The number of nitrogens with zero attached hydrogens (tertiary/aromatic N) is 1. The summed E-state index contributed by atoms with van der Waals surface area (Å²) in [5.74, 6) is 0.762. The number of amides is 2. The van der Waals surface area contributed by atoms with Crippen LogP contribution in [-0.2, 0) is 0 Å². The molecular formula is C22H19ClN4O2. The predicted molar refractivity (Wildman–Crippen MR) is 114 cm³/mol. The monoisotopic (exact) mass is 406 g/mol. The number of benzene rings is 2. The Kier molecular flexibility index (Phi) is 4.45. The molecule has 1 aliphatic heterocycles. The van der Waals surface area contributed by atoms with Gasteiger partial charge in [0.25, 0.3) is 0 Å². The third kappa shape index (κ3) is 3.24. The lowest BCUT2D eigenvalue weighted by Gasteiger charge is -2.14. The van der Waals surface area contributed by atoms with Crippen LogP contribution < -0.4 is 16.0 Å². The zero-order chi connectivity index (χ0) is 20.0. The van der Waals surface area contributed by atoms with Gasteiger partial charge in [-0.1, -0.05) is 29.8 Å². The van der Waals surface area contributed by atoms with Crippen molar-refractivity contribution < 1.29 is 9.59 Å². The number of anilines is 2. The van der Waals surface area contributed by atoms with E-state index in [1.54, 1.807) is 30.6 Å². The second-order valence-electron chi connectivity index (χ2n) is 7.52. The van der Waals surface area contributed by atoms with Crippen molar-refractivity contribution in [2.24, 2.45) is 17.8 Å². The lowest BCUT2D eigenvalue weighted by atomic mass is 10.0. The summed E-state index contributed by atoms with van der Waals surface area (Å²) in [5.41, 5.74) is 1.49. The van der Waals surface area contributed by atoms with E-state index >= 15 is 0 Å². The Hall–Kier alpha value is -2.96. The Morgan fingerprint density at radius 2 is 1.72 bits per heavy atom. The topological polar surface area (TPSA) is 83.1 Å². The summed E-state index contributed by atoms with van der Waals surface area (Å²) in [5, 5.41) is 11.1. The number of piperidine rings is 1. The van der Waals surface area contributed by atoms with Gasteiger partial charge in [0, 0.05) is 29.1 Å². The van der Waals surface area contributed by atoms with Gasteiger partial charge in [0.05, 0.1) is 22.0 Å². The predicted octanol–water partition coefficient (Wildman–Crippen LogP) is 4.18. The molecule has 29 heavy (non-hydrogen) atoms. The van der Waals surface area contributed by atoms with Crippen molar-refractivity contribution in [2.45, 2.75) is 0 Å². The van der Waals surface area contributed by atoms with Gasteiger partial charge in [-0.05, 0) is 49.2 Å². The molecule has 2 heterocycles. The van der Waals surface area contributed by atoms with Crippen LogP contribution >= 0.6 is 11.6 Å². The van der Waals surface area contributed by atoms with Crippen molar-refractivity contribution in [3.63, 3.8) is 0 Å². The largest absolute Gasteiger partial charge is 0.323 e. The number of pyridine rings is 1. The summed E-state index contributed by atoms with van der Waals surface area (Å²) in [6.45, 7) is 1.73. The average Bonchev–Trinajstić information content (AvgIpc) is 3.19. The van der Waals surface area contributed by atoms with Gasteiger partial charge in [0.1, 0.15) is 0 Å². The van der Waals surface area contributed by atoms with E-state index < -0.39 is 6.03 Å². The number of rotatable bonds is 4.